The van der Waals surface area contributed by atoms with E-state index in [0.29, 0.717) is 50.8 Å². The van der Waals surface area contributed by atoms with E-state index in [4.69, 9.17) is 9.47 Å². The van der Waals surface area contributed by atoms with Crippen LogP contribution in [0.15, 0.2) is 23.1 Å². The number of ether oxygens (including phenoxy) is 2. The second-order valence-corrected chi connectivity index (χ2v) is 9.21. The van der Waals surface area contributed by atoms with Gasteiger partial charge in [-0.3, -0.25) is 19.5 Å². The van der Waals surface area contributed by atoms with E-state index >= 15 is 0 Å². The SMILES string of the molecule is N#CC1=CN=CC(N2CCc3ncnc(OC4CCN(C(=O)CC5CCOCC5)C4)c3C2)C1=O. The number of fused-ring (bicyclic) bond motifs is 1. The first-order valence-corrected chi connectivity index (χ1v) is 11.9. The number of carbonyl (C=O) groups excluding carboxylic acids is 2. The Morgan fingerprint density at radius 1 is 1.24 bits per heavy atom. The maximum absolute atomic E-state index is 12.8. The van der Waals surface area contributed by atoms with Crippen molar-refractivity contribution in [1.82, 2.24) is 19.8 Å². The fourth-order valence-electron chi connectivity index (χ4n) is 5.04. The van der Waals surface area contributed by atoms with Gasteiger partial charge >= 0.3 is 0 Å². The van der Waals surface area contributed by atoms with Gasteiger partial charge in [0, 0.05) is 70.1 Å². The topological polar surface area (TPSA) is 121 Å². The molecule has 2 atom stereocenters. The van der Waals surface area contributed by atoms with E-state index in [0.717, 1.165) is 43.7 Å². The van der Waals surface area contributed by atoms with Crippen molar-refractivity contribution in [3.8, 4) is 11.9 Å². The molecule has 4 aliphatic heterocycles. The number of nitrogens with zero attached hydrogens (tertiary/aromatic N) is 6. The van der Waals surface area contributed by atoms with Crippen molar-refractivity contribution in [3.63, 3.8) is 0 Å². The van der Waals surface area contributed by atoms with Gasteiger partial charge in [0.15, 0.2) is 5.78 Å². The van der Waals surface area contributed by atoms with Gasteiger partial charge in [-0.2, -0.15) is 5.26 Å². The van der Waals surface area contributed by atoms with Crippen LogP contribution < -0.4 is 4.74 Å². The van der Waals surface area contributed by atoms with Gasteiger partial charge in [-0.15, -0.1) is 0 Å². The maximum atomic E-state index is 12.8. The zero-order valence-electron chi connectivity index (χ0n) is 19.1. The van der Waals surface area contributed by atoms with Crippen LogP contribution in [0, 0.1) is 17.2 Å². The van der Waals surface area contributed by atoms with Crippen LogP contribution >= 0.6 is 0 Å². The number of Topliss-reactive ketones (excluding diaryl/α,β-unsaturated/α-hetero) is 1. The van der Waals surface area contributed by atoms with Crippen molar-refractivity contribution >= 4 is 17.9 Å². The van der Waals surface area contributed by atoms with Gasteiger partial charge < -0.3 is 14.4 Å². The minimum absolute atomic E-state index is 0.0653. The lowest BCUT2D eigenvalue weighted by Crippen LogP contribution is -2.46. The van der Waals surface area contributed by atoms with Crippen LogP contribution in [0.1, 0.15) is 36.9 Å². The van der Waals surface area contributed by atoms with Crippen LogP contribution in [0.5, 0.6) is 5.88 Å². The highest BCUT2D eigenvalue weighted by Gasteiger charge is 2.35. The van der Waals surface area contributed by atoms with E-state index in [-0.39, 0.29) is 23.4 Å². The molecule has 0 radical (unpaired) electrons. The molecule has 0 aromatic carbocycles. The third-order valence-corrected chi connectivity index (χ3v) is 7.05. The van der Waals surface area contributed by atoms with E-state index < -0.39 is 6.04 Å². The second kappa shape index (κ2) is 9.99. The smallest absolute Gasteiger partial charge is 0.222 e. The maximum Gasteiger partial charge on any atom is 0.222 e. The molecule has 178 valence electrons. The van der Waals surface area contributed by atoms with Gasteiger partial charge in [-0.05, 0) is 18.8 Å². The van der Waals surface area contributed by atoms with Crippen molar-refractivity contribution in [1.29, 1.82) is 5.26 Å². The van der Waals surface area contributed by atoms with Crippen molar-refractivity contribution in [2.45, 2.75) is 50.8 Å². The third-order valence-electron chi connectivity index (χ3n) is 7.05. The highest BCUT2D eigenvalue weighted by atomic mass is 16.5. The summed E-state index contributed by atoms with van der Waals surface area (Å²) in [4.78, 5) is 42.2. The lowest BCUT2D eigenvalue weighted by Gasteiger charge is -2.33. The summed E-state index contributed by atoms with van der Waals surface area (Å²) in [5, 5.41) is 9.19. The molecule has 5 heterocycles. The number of hydrogen-bond donors (Lipinski definition) is 0. The molecule has 4 aliphatic rings. The highest BCUT2D eigenvalue weighted by molar-refractivity contribution is 6.12. The molecule has 0 N–H and O–H groups in total. The summed E-state index contributed by atoms with van der Waals surface area (Å²) in [6.07, 6.45) is 8.15. The summed E-state index contributed by atoms with van der Waals surface area (Å²) in [7, 11) is 0. The van der Waals surface area contributed by atoms with Crippen LogP contribution in [0.4, 0.5) is 0 Å². The first kappa shape index (κ1) is 22.6. The fourth-order valence-corrected chi connectivity index (χ4v) is 5.04. The third kappa shape index (κ3) is 4.72. The molecule has 5 rings (SSSR count). The number of likely N-dealkylation sites (tertiary alicyclic amines) is 1. The molecule has 1 aromatic heterocycles. The molecule has 1 amide bonds. The van der Waals surface area contributed by atoms with Gasteiger partial charge in [0.25, 0.3) is 0 Å². The van der Waals surface area contributed by atoms with Crippen LogP contribution in [0.2, 0.25) is 0 Å². The molecule has 2 saturated heterocycles. The highest BCUT2D eigenvalue weighted by Crippen LogP contribution is 2.29. The van der Waals surface area contributed by atoms with Crippen molar-refractivity contribution in [2.75, 3.05) is 32.8 Å². The number of nitriles is 1. The van der Waals surface area contributed by atoms with Crippen LogP contribution in [0.25, 0.3) is 0 Å². The number of hydrogen-bond acceptors (Lipinski definition) is 9. The average Bonchev–Trinajstić information content (AvgIpc) is 3.34. The molecule has 0 bridgehead atoms. The van der Waals surface area contributed by atoms with Gasteiger partial charge in [-0.1, -0.05) is 0 Å². The Balaban J connectivity index is 1.22. The minimum atomic E-state index is -0.578. The summed E-state index contributed by atoms with van der Waals surface area (Å²) in [6, 6.07) is 1.35. The molecule has 0 aliphatic carbocycles. The van der Waals surface area contributed by atoms with E-state index in [1.165, 1.54) is 12.5 Å². The lowest BCUT2D eigenvalue weighted by atomic mass is 9.96. The molecule has 10 nitrogen and oxygen atoms in total. The Morgan fingerprint density at radius 3 is 2.91 bits per heavy atom. The van der Waals surface area contributed by atoms with Crippen LogP contribution in [-0.4, -0.2) is 82.7 Å². The predicted octanol–water partition coefficient (Wildman–Crippen LogP) is 1.06. The van der Waals surface area contributed by atoms with E-state index in [1.807, 2.05) is 15.9 Å². The molecule has 2 unspecified atom stereocenters. The Bertz CT molecular complexity index is 1060. The fraction of sp³-hybridized carbons (Fsp3) is 0.583. The monoisotopic (exact) mass is 464 g/mol. The Kier molecular flexibility index (Phi) is 6.65. The van der Waals surface area contributed by atoms with E-state index in [1.54, 1.807) is 6.21 Å². The number of ketones is 1. The molecule has 1 aromatic rings. The molecule has 10 heteroatoms. The first-order chi connectivity index (χ1) is 16.6. The normalized spacial score (nSPS) is 25.6. The number of aromatic nitrogens is 2. The van der Waals surface area contributed by atoms with Crippen LogP contribution in [-0.2, 0) is 27.3 Å². The molecule has 0 spiro atoms. The summed E-state index contributed by atoms with van der Waals surface area (Å²) < 4.78 is 11.7. The van der Waals surface area contributed by atoms with Crippen molar-refractivity contribution < 1.29 is 19.1 Å². The first-order valence-electron chi connectivity index (χ1n) is 11.9. The zero-order valence-corrected chi connectivity index (χ0v) is 19.1. The predicted molar refractivity (Wildman–Crippen MR) is 121 cm³/mol. The lowest BCUT2D eigenvalue weighted by molar-refractivity contribution is -0.132. The number of rotatable bonds is 5. The van der Waals surface area contributed by atoms with E-state index in [9.17, 15) is 14.9 Å². The average molecular weight is 465 g/mol. The summed E-state index contributed by atoms with van der Waals surface area (Å²) in [6.45, 7) is 3.78. The second-order valence-electron chi connectivity index (χ2n) is 9.21. The standard InChI is InChI=1S/C24H28N6O4/c25-10-17-11-26-12-21(23(17)32)29-6-2-20-19(14-29)24(28-15-27-20)34-18-1-5-30(13-18)22(31)9-16-3-7-33-8-4-16/h11-12,15-16,18,21H,1-9,13-14H2. The molecule has 0 saturated carbocycles. The summed E-state index contributed by atoms with van der Waals surface area (Å²) in [5.74, 6) is 0.860. The van der Waals surface area contributed by atoms with Gasteiger partial charge in [-0.25, -0.2) is 9.97 Å². The van der Waals surface area contributed by atoms with E-state index in [2.05, 4.69) is 15.0 Å². The molecule has 2 fully saturated rings. The molecular weight excluding hydrogens is 436 g/mol. The number of aliphatic imine (C=N–C) groups is 1. The number of amides is 1. The largest absolute Gasteiger partial charge is 0.472 e. The van der Waals surface area contributed by atoms with Gasteiger partial charge in [0.1, 0.15) is 30.1 Å². The van der Waals surface area contributed by atoms with Crippen LogP contribution in [0.3, 0.4) is 0 Å². The van der Waals surface area contributed by atoms with Gasteiger partial charge in [0.2, 0.25) is 11.8 Å². The Hall–Kier alpha value is -3.16. The van der Waals surface area contributed by atoms with Gasteiger partial charge in [0.05, 0.1) is 12.2 Å². The Morgan fingerprint density at radius 2 is 2.09 bits per heavy atom. The number of carbonyl (C=O) groups is 2. The Labute approximate surface area is 198 Å². The summed E-state index contributed by atoms with van der Waals surface area (Å²) in [5.41, 5.74) is 1.83. The quantitative estimate of drug-likeness (QED) is 0.634. The van der Waals surface area contributed by atoms with Crippen molar-refractivity contribution in [2.24, 2.45) is 10.9 Å². The zero-order chi connectivity index (χ0) is 23.5. The molecule has 34 heavy (non-hydrogen) atoms. The van der Waals surface area contributed by atoms with Crippen molar-refractivity contribution in [3.05, 3.63) is 29.4 Å². The summed E-state index contributed by atoms with van der Waals surface area (Å²) >= 11 is 0. The molecular formula is C24H28N6O4. The minimum Gasteiger partial charge on any atom is -0.472 e.